The van der Waals surface area contributed by atoms with Crippen LogP contribution in [0.4, 0.5) is 13.2 Å². The van der Waals surface area contributed by atoms with Crippen LogP contribution in [0.2, 0.25) is 0 Å². The van der Waals surface area contributed by atoms with E-state index in [1.807, 2.05) is 0 Å². The first-order valence-electron chi connectivity index (χ1n) is 9.07. The Kier molecular flexibility index (Phi) is 5.16. The molecule has 0 radical (unpaired) electrons. The molecule has 2 atom stereocenters. The maximum absolute atomic E-state index is 13.6. The fourth-order valence-electron chi connectivity index (χ4n) is 5.24. The minimum absolute atomic E-state index is 0.0781. The molecule has 21 heavy (non-hydrogen) atoms. The monoisotopic (exact) mass is 302 g/mol. The molecule has 3 heteroatoms. The predicted octanol–water partition coefficient (Wildman–Crippen LogP) is 5.80. The zero-order valence-electron chi connectivity index (χ0n) is 13.0. The standard InChI is InChI=1S/C18H29F3/c19-16-10-15(11-17(20)18(16)21)14-8-6-13(7-9-14)12-4-2-1-3-5-12/h12-18H,1-11H2. The summed E-state index contributed by atoms with van der Waals surface area (Å²) in [5.74, 6) is 2.27. The fourth-order valence-corrected chi connectivity index (χ4v) is 5.24. The summed E-state index contributed by atoms with van der Waals surface area (Å²) < 4.78 is 40.4. The summed E-state index contributed by atoms with van der Waals surface area (Å²) in [6, 6.07) is 0. The Morgan fingerprint density at radius 3 is 1.43 bits per heavy atom. The van der Waals surface area contributed by atoms with Crippen molar-refractivity contribution < 1.29 is 13.2 Å². The highest BCUT2D eigenvalue weighted by Crippen LogP contribution is 2.45. The highest BCUT2D eigenvalue weighted by Gasteiger charge is 2.42. The van der Waals surface area contributed by atoms with Gasteiger partial charge in [-0.15, -0.1) is 0 Å². The van der Waals surface area contributed by atoms with Crippen molar-refractivity contribution in [2.45, 2.75) is 89.1 Å². The Hall–Kier alpha value is -0.210. The summed E-state index contributed by atoms with van der Waals surface area (Å²) in [6.07, 6.45) is 7.13. The van der Waals surface area contributed by atoms with Gasteiger partial charge in [0.05, 0.1) is 0 Å². The number of rotatable bonds is 2. The third kappa shape index (κ3) is 3.59. The Balaban J connectivity index is 1.49. The van der Waals surface area contributed by atoms with E-state index in [2.05, 4.69) is 0 Å². The first-order chi connectivity index (χ1) is 10.1. The summed E-state index contributed by atoms with van der Waals surface area (Å²) in [5, 5.41) is 0. The van der Waals surface area contributed by atoms with Gasteiger partial charge in [-0.1, -0.05) is 32.1 Å². The minimum atomic E-state index is -1.88. The molecular weight excluding hydrogens is 273 g/mol. The van der Waals surface area contributed by atoms with Crippen LogP contribution in [0.1, 0.15) is 70.6 Å². The highest BCUT2D eigenvalue weighted by molar-refractivity contribution is 4.91. The number of hydrogen-bond donors (Lipinski definition) is 0. The molecule has 0 spiro atoms. The van der Waals surface area contributed by atoms with Crippen molar-refractivity contribution in [2.75, 3.05) is 0 Å². The van der Waals surface area contributed by atoms with Crippen LogP contribution in [-0.2, 0) is 0 Å². The maximum atomic E-state index is 13.6. The van der Waals surface area contributed by atoms with E-state index in [1.54, 1.807) is 0 Å². The van der Waals surface area contributed by atoms with Crippen molar-refractivity contribution in [1.29, 1.82) is 0 Å². The molecular formula is C18H29F3. The van der Waals surface area contributed by atoms with Crippen molar-refractivity contribution in [3.63, 3.8) is 0 Å². The zero-order chi connectivity index (χ0) is 14.8. The normalized spacial score (nSPS) is 46.4. The van der Waals surface area contributed by atoms with E-state index in [4.69, 9.17) is 0 Å². The van der Waals surface area contributed by atoms with Gasteiger partial charge in [0, 0.05) is 0 Å². The number of hydrogen-bond acceptors (Lipinski definition) is 0. The molecule has 0 N–H and O–H groups in total. The van der Waals surface area contributed by atoms with Crippen LogP contribution in [-0.4, -0.2) is 18.5 Å². The lowest BCUT2D eigenvalue weighted by molar-refractivity contribution is -0.00674. The lowest BCUT2D eigenvalue weighted by atomic mass is 9.66. The van der Waals surface area contributed by atoms with Crippen molar-refractivity contribution in [3.8, 4) is 0 Å². The van der Waals surface area contributed by atoms with E-state index < -0.39 is 18.5 Å². The van der Waals surface area contributed by atoms with Gasteiger partial charge < -0.3 is 0 Å². The molecule has 122 valence electrons. The van der Waals surface area contributed by atoms with Crippen molar-refractivity contribution in [3.05, 3.63) is 0 Å². The Bertz CT molecular complexity index is 306. The van der Waals surface area contributed by atoms with Gasteiger partial charge in [-0.3, -0.25) is 0 Å². The average Bonchev–Trinajstić information content (AvgIpc) is 2.53. The molecule has 0 bridgehead atoms. The second-order valence-electron chi connectivity index (χ2n) is 7.78. The topological polar surface area (TPSA) is 0 Å². The molecule has 0 aromatic rings. The van der Waals surface area contributed by atoms with Gasteiger partial charge in [0.15, 0.2) is 6.17 Å². The first kappa shape index (κ1) is 15.7. The van der Waals surface area contributed by atoms with Crippen LogP contribution >= 0.6 is 0 Å². The van der Waals surface area contributed by atoms with Crippen LogP contribution in [0, 0.1) is 23.7 Å². The van der Waals surface area contributed by atoms with E-state index in [9.17, 15) is 13.2 Å². The van der Waals surface area contributed by atoms with Gasteiger partial charge in [-0.05, 0) is 62.2 Å². The molecule has 3 aliphatic carbocycles. The van der Waals surface area contributed by atoms with Crippen LogP contribution in [0.5, 0.6) is 0 Å². The lowest BCUT2D eigenvalue weighted by Gasteiger charge is -2.41. The van der Waals surface area contributed by atoms with Crippen molar-refractivity contribution >= 4 is 0 Å². The largest absolute Gasteiger partial charge is 0.244 e. The molecule has 0 heterocycles. The van der Waals surface area contributed by atoms with Crippen LogP contribution in [0.15, 0.2) is 0 Å². The van der Waals surface area contributed by atoms with E-state index in [0.717, 1.165) is 24.7 Å². The van der Waals surface area contributed by atoms with E-state index in [-0.39, 0.29) is 18.8 Å². The molecule has 0 saturated heterocycles. The second-order valence-corrected chi connectivity index (χ2v) is 7.78. The van der Waals surface area contributed by atoms with Gasteiger partial charge in [0.25, 0.3) is 0 Å². The summed E-state index contributed by atoms with van der Waals surface area (Å²) in [7, 11) is 0. The molecule has 0 nitrogen and oxygen atoms in total. The number of alkyl halides is 3. The molecule has 0 amide bonds. The van der Waals surface area contributed by atoms with Crippen LogP contribution < -0.4 is 0 Å². The van der Waals surface area contributed by atoms with Crippen LogP contribution in [0.25, 0.3) is 0 Å². The third-order valence-electron chi connectivity index (χ3n) is 6.55. The second kappa shape index (κ2) is 6.91. The zero-order valence-corrected chi connectivity index (χ0v) is 13.0. The van der Waals surface area contributed by atoms with E-state index in [1.165, 1.54) is 44.9 Å². The minimum Gasteiger partial charge on any atom is -0.244 e. The highest BCUT2D eigenvalue weighted by atomic mass is 19.2. The van der Waals surface area contributed by atoms with Gasteiger partial charge in [-0.2, -0.15) is 0 Å². The molecule has 3 saturated carbocycles. The summed E-state index contributed by atoms with van der Waals surface area (Å²) >= 11 is 0. The predicted molar refractivity (Wildman–Crippen MR) is 79.4 cm³/mol. The SMILES string of the molecule is FC1CC(C2CCC(C3CCCCC3)CC2)CC(F)C1F. The smallest absolute Gasteiger partial charge is 0.162 e. The van der Waals surface area contributed by atoms with Gasteiger partial charge in [-0.25, -0.2) is 13.2 Å². The van der Waals surface area contributed by atoms with Gasteiger partial charge >= 0.3 is 0 Å². The van der Waals surface area contributed by atoms with Gasteiger partial charge in [0.1, 0.15) is 12.3 Å². The molecule has 0 aromatic heterocycles. The third-order valence-corrected chi connectivity index (χ3v) is 6.55. The van der Waals surface area contributed by atoms with Crippen LogP contribution in [0.3, 0.4) is 0 Å². The summed E-state index contributed by atoms with van der Waals surface area (Å²) in [4.78, 5) is 0. The molecule has 0 aliphatic heterocycles. The lowest BCUT2D eigenvalue weighted by Crippen LogP contribution is -2.40. The summed E-state index contributed by atoms with van der Waals surface area (Å²) in [6.45, 7) is 0. The molecule has 2 unspecified atom stereocenters. The van der Waals surface area contributed by atoms with E-state index >= 15 is 0 Å². The maximum Gasteiger partial charge on any atom is 0.162 e. The Morgan fingerprint density at radius 1 is 0.476 bits per heavy atom. The van der Waals surface area contributed by atoms with E-state index in [0.29, 0.717) is 5.92 Å². The first-order valence-corrected chi connectivity index (χ1v) is 9.07. The molecule has 3 aliphatic rings. The average molecular weight is 302 g/mol. The molecule has 3 fully saturated rings. The number of halogens is 3. The Morgan fingerprint density at radius 2 is 0.905 bits per heavy atom. The van der Waals surface area contributed by atoms with Crippen molar-refractivity contribution in [1.82, 2.24) is 0 Å². The fraction of sp³-hybridized carbons (Fsp3) is 1.00. The van der Waals surface area contributed by atoms with Crippen molar-refractivity contribution in [2.24, 2.45) is 23.7 Å². The molecule has 3 rings (SSSR count). The Labute approximate surface area is 126 Å². The van der Waals surface area contributed by atoms with Gasteiger partial charge in [0.2, 0.25) is 0 Å². The molecule has 0 aromatic carbocycles. The quantitative estimate of drug-likeness (QED) is 0.605. The summed E-state index contributed by atoms with van der Waals surface area (Å²) in [5.41, 5.74) is 0.